The van der Waals surface area contributed by atoms with Crippen molar-refractivity contribution in [1.29, 1.82) is 0 Å². The van der Waals surface area contributed by atoms with Gasteiger partial charge in [-0.15, -0.1) is 0 Å². The zero-order valence-corrected chi connectivity index (χ0v) is 16.6. The van der Waals surface area contributed by atoms with Crippen molar-refractivity contribution in [2.24, 2.45) is 0 Å². The molecule has 144 valence electrons. The molecule has 0 bridgehead atoms. The van der Waals surface area contributed by atoms with Gasteiger partial charge in [0.05, 0.1) is 12.2 Å². The van der Waals surface area contributed by atoms with Crippen molar-refractivity contribution in [3.63, 3.8) is 0 Å². The number of esters is 1. The standard InChI is InChI=1S/C22H27NO4/c1-6-20(27-18-10-8-14(3)15(4)13-18)21(24)23-19-11-9-17(12-16(19)5)22(25)26-7-2/h8-13,20H,6-7H2,1-5H3,(H,23,24). The van der Waals surface area contributed by atoms with Gasteiger partial charge in [0.2, 0.25) is 0 Å². The number of rotatable bonds is 7. The van der Waals surface area contributed by atoms with E-state index in [2.05, 4.69) is 5.32 Å². The monoisotopic (exact) mass is 369 g/mol. The highest BCUT2D eigenvalue weighted by Crippen LogP contribution is 2.21. The molecule has 0 aliphatic carbocycles. The number of nitrogens with one attached hydrogen (secondary N) is 1. The van der Waals surface area contributed by atoms with E-state index in [1.807, 2.05) is 45.9 Å². The zero-order valence-electron chi connectivity index (χ0n) is 16.6. The van der Waals surface area contributed by atoms with Gasteiger partial charge in [-0.05, 0) is 81.1 Å². The number of benzene rings is 2. The third kappa shape index (κ3) is 5.33. The first kappa shape index (κ1) is 20.5. The van der Waals surface area contributed by atoms with E-state index in [4.69, 9.17) is 9.47 Å². The summed E-state index contributed by atoms with van der Waals surface area (Å²) in [5.74, 6) is 0.0835. The van der Waals surface area contributed by atoms with Gasteiger partial charge < -0.3 is 14.8 Å². The molecule has 1 N–H and O–H groups in total. The Morgan fingerprint density at radius 1 is 0.963 bits per heavy atom. The molecule has 0 heterocycles. The fourth-order valence-corrected chi connectivity index (χ4v) is 2.63. The van der Waals surface area contributed by atoms with Crippen molar-refractivity contribution in [3.8, 4) is 5.75 Å². The first-order valence-corrected chi connectivity index (χ1v) is 9.18. The van der Waals surface area contributed by atoms with Gasteiger partial charge in [0.25, 0.3) is 5.91 Å². The molecule has 27 heavy (non-hydrogen) atoms. The van der Waals surface area contributed by atoms with Gasteiger partial charge in [0, 0.05) is 5.69 Å². The Morgan fingerprint density at radius 3 is 2.30 bits per heavy atom. The van der Waals surface area contributed by atoms with Crippen molar-refractivity contribution in [1.82, 2.24) is 0 Å². The molecule has 0 radical (unpaired) electrons. The van der Waals surface area contributed by atoms with Gasteiger partial charge in [-0.2, -0.15) is 0 Å². The molecular weight excluding hydrogens is 342 g/mol. The minimum Gasteiger partial charge on any atom is -0.481 e. The molecule has 1 amide bonds. The summed E-state index contributed by atoms with van der Waals surface area (Å²) in [7, 11) is 0. The van der Waals surface area contributed by atoms with Crippen molar-refractivity contribution in [2.45, 2.75) is 47.1 Å². The van der Waals surface area contributed by atoms with Crippen LogP contribution in [0.1, 0.15) is 47.3 Å². The highest BCUT2D eigenvalue weighted by molar-refractivity contribution is 5.96. The second-order valence-electron chi connectivity index (χ2n) is 6.50. The normalized spacial score (nSPS) is 11.6. The number of hydrogen-bond acceptors (Lipinski definition) is 4. The molecule has 0 fully saturated rings. The molecule has 0 spiro atoms. The molecule has 1 unspecified atom stereocenters. The zero-order chi connectivity index (χ0) is 20.0. The van der Waals surface area contributed by atoms with E-state index >= 15 is 0 Å². The van der Waals surface area contributed by atoms with Crippen LogP contribution in [0.2, 0.25) is 0 Å². The molecule has 1 atom stereocenters. The minimum absolute atomic E-state index is 0.220. The lowest BCUT2D eigenvalue weighted by Crippen LogP contribution is -2.32. The average molecular weight is 369 g/mol. The van der Waals surface area contributed by atoms with Crippen LogP contribution in [0, 0.1) is 20.8 Å². The van der Waals surface area contributed by atoms with Crippen molar-refractivity contribution >= 4 is 17.6 Å². The largest absolute Gasteiger partial charge is 0.481 e. The van der Waals surface area contributed by atoms with E-state index in [0.29, 0.717) is 30.0 Å². The third-order valence-corrected chi connectivity index (χ3v) is 4.42. The topological polar surface area (TPSA) is 64.6 Å². The first-order valence-electron chi connectivity index (χ1n) is 9.18. The average Bonchev–Trinajstić information content (AvgIpc) is 2.64. The summed E-state index contributed by atoms with van der Waals surface area (Å²) in [6.45, 7) is 9.87. The van der Waals surface area contributed by atoms with E-state index in [1.165, 1.54) is 5.56 Å². The van der Waals surface area contributed by atoms with E-state index in [-0.39, 0.29) is 11.9 Å². The quantitative estimate of drug-likeness (QED) is 0.725. The lowest BCUT2D eigenvalue weighted by molar-refractivity contribution is -0.122. The summed E-state index contributed by atoms with van der Waals surface area (Å²) in [4.78, 5) is 24.5. The molecule has 0 aliphatic heterocycles. The van der Waals surface area contributed by atoms with E-state index in [1.54, 1.807) is 25.1 Å². The summed E-state index contributed by atoms with van der Waals surface area (Å²) in [6, 6.07) is 10.8. The lowest BCUT2D eigenvalue weighted by atomic mass is 10.1. The molecular formula is C22H27NO4. The number of amides is 1. The molecule has 5 nitrogen and oxygen atoms in total. The number of aryl methyl sites for hydroxylation is 3. The maximum absolute atomic E-state index is 12.6. The summed E-state index contributed by atoms with van der Waals surface area (Å²) >= 11 is 0. The molecule has 5 heteroatoms. The predicted octanol–water partition coefficient (Wildman–Crippen LogP) is 4.58. The fourth-order valence-electron chi connectivity index (χ4n) is 2.63. The van der Waals surface area contributed by atoms with Crippen LogP contribution in [0.3, 0.4) is 0 Å². The number of hydrogen-bond donors (Lipinski definition) is 1. The van der Waals surface area contributed by atoms with Crippen LogP contribution in [-0.2, 0) is 9.53 Å². The van der Waals surface area contributed by atoms with E-state index < -0.39 is 6.10 Å². The molecule has 2 aromatic rings. The smallest absolute Gasteiger partial charge is 0.338 e. The SMILES string of the molecule is CCOC(=O)c1ccc(NC(=O)C(CC)Oc2ccc(C)c(C)c2)c(C)c1. The van der Waals surface area contributed by atoms with Gasteiger partial charge in [-0.25, -0.2) is 4.79 Å². The fraction of sp³-hybridized carbons (Fsp3) is 0.364. The molecule has 0 aromatic heterocycles. The summed E-state index contributed by atoms with van der Waals surface area (Å²) in [6.07, 6.45) is -0.0603. The maximum Gasteiger partial charge on any atom is 0.338 e. The Balaban J connectivity index is 2.09. The highest BCUT2D eigenvalue weighted by atomic mass is 16.5. The molecule has 0 saturated heterocycles. The van der Waals surface area contributed by atoms with Gasteiger partial charge >= 0.3 is 5.97 Å². The summed E-state index contributed by atoms with van der Waals surface area (Å²) in [5, 5.41) is 2.89. The van der Waals surface area contributed by atoms with Crippen LogP contribution >= 0.6 is 0 Å². The van der Waals surface area contributed by atoms with Gasteiger partial charge in [0.15, 0.2) is 6.10 Å². The Kier molecular flexibility index (Phi) is 6.99. The number of carbonyl (C=O) groups excluding carboxylic acids is 2. The van der Waals surface area contributed by atoms with Crippen LogP contribution in [0.15, 0.2) is 36.4 Å². The van der Waals surface area contributed by atoms with Crippen LogP contribution in [0.4, 0.5) is 5.69 Å². The Labute approximate surface area is 160 Å². The lowest BCUT2D eigenvalue weighted by Gasteiger charge is -2.19. The van der Waals surface area contributed by atoms with Crippen LogP contribution in [-0.4, -0.2) is 24.6 Å². The van der Waals surface area contributed by atoms with E-state index in [0.717, 1.165) is 11.1 Å². The molecule has 0 aliphatic rings. The van der Waals surface area contributed by atoms with Crippen LogP contribution in [0.25, 0.3) is 0 Å². The Morgan fingerprint density at radius 2 is 1.70 bits per heavy atom. The van der Waals surface area contributed by atoms with E-state index in [9.17, 15) is 9.59 Å². The second kappa shape index (κ2) is 9.21. The number of ether oxygens (including phenoxy) is 2. The number of anilines is 1. The molecule has 0 saturated carbocycles. The van der Waals surface area contributed by atoms with Crippen molar-refractivity contribution in [3.05, 3.63) is 58.7 Å². The maximum atomic E-state index is 12.6. The third-order valence-electron chi connectivity index (χ3n) is 4.42. The highest BCUT2D eigenvalue weighted by Gasteiger charge is 2.20. The minimum atomic E-state index is -0.601. The van der Waals surface area contributed by atoms with Crippen molar-refractivity contribution < 1.29 is 19.1 Å². The first-order chi connectivity index (χ1) is 12.8. The Bertz CT molecular complexity index is 829. The molecule has 2 rings (SSSR count). The van der Waals surface area contributed by atoms with Crippen molar-refractivity contribution in [2.75, 3.05) is 11.9 Å². The van der Waals surface area contributed by atoms with Gasteiger partial charge in [-0.1, -0.05) is 13.0 Å². The second-order valence-corrected chi connectivity index (χ2v) is 6.50. The van der Waals surface area contributed by atoms with Crippen LogP contribution in [0.5, 0.6) is 5.75 Å². The molecule has 2 aromatic carbocycles. The number of carbonyl (C=O) groups is 2. The van der Waals surface area contributed by atoms with Crippen LogP contribution < -0.4 is 10.1 Å². The predicted molar refractivity (Wildman–Crippen MR) is 106 cm³/mol. The Hall–Kier alpha value is -2.82. The van der Waals surface area contributed by atoms with Gasteiger partial charge in [0.1, 0.15) is 5.75 Å². The van der Waals surface area contributed by atoms with Gasteiger partial charge in [-0.3, -0.25) is 4.79 Å². The summed E-state index contributed by atoms with van der Waals surface area (Å²) < 4.78 is 10.9. The summed E-state index contributed by atoms with van der Waals surface area (Å²) in [5.41, 5.74) is 4.20.